The zero-order valence-electron chi connectivity index (χ0n) is 19.1. The molecule has 0 saturated carbocycles. The van der Waals surface area contributed by atoms with Crippen molar-refractivity contribution >= 4 is 22.5 Å². The minimum Gasteiger partial charge on any atom is -0.495 e. The summed E-state index contributed by atoms with van der Waals surface area (Å²) in [6.45, 7) is 4.60. The van der Waals surface area contributed by atoms with E-state index in [1.54, 1.807) is 7.11 Å². The minimum atomic E-state index is 0.739. The fourth-order valence-corrected chi connectivity index (χ4v) is 5.06. The molecule has 2 aromatic heterocycles. The van der Waals surface area contributed by atoms with Gasteiger partial charge in [0, 0.05) is 52.2 Å². The standard InChI is InChI=1S/C28H30ClN3O/c1-33-27-8-5-7-25-26(20-32(28(25)27)16-6-15-31-13-3-2-4-14-31)23-17-22(18-30-19-23)21-9-11-24(29)12-10-21/h5,7-12,17-20H,2-4,6,13-16H2,1H3. The maximum absolute atomic E-state index is 6.08. The van der Waals surface area contributed by atoms with Gasteiger partial charge in [-0.15, -0.1) is 0 Å². The topological polar surface area (TPSA) is 30.3 Å². The van der Waals surface area contributed by atoms with Gasteiger partial charge in [-0.05, 0) is 68.7 Å². The predicted molar refractivity (Wildman–Crippen MR) is 137 cm³/mol. The number of hydrogen-bond acceptors (Lipinski definition) is 3. The Bertz CT molecular complexity index is 1230. The highest BCUT2D eigenvalue weighted by Gasteiger charge is 2.16. The number of fused-ring (bicyclic) bond motifs is 1. The van der Waals surface area contributed by atoms with Crippen LogP contribution in [-0.2, 0) is 6.54 Å². The van der Waals surface area contributed by atoms with Crippen molar-refractivity contribution in [3.05, 3.63) is 72.1 Å². The van der Waals surface area contributed by atoms with Gasteiger partial charge in [0.15, 0.2) is 0 Å². The number of hydrogen-bond donors (Lipinski definition) is 0. The lowest BCUT2D eigenvalue weighted by Gasteiger charge is -2.26. The molecule has 170 valence electrons. The van der Waals surface area contributed by atoms with Gasteiger partial charge in [-0.25, -0.2) is 0 Å². The molecule has 4 aromatic rings. The predicted octanol–water partition coefficient (Wildman–Crippen LogP) is 6.91. The first-order valence-corrected chi connectivity index (χ1v) is 12.2. The Labute approximate surface area is 200 Å². The van der Waals surface area contributed by atoms with Crippen molar-refractivity contribution in [3.8, 4) is 28.0 Å². The number of ether oxygens (including phenoxy) is 1. The lowest BCUT2D eigenvalue weighted by atomic mass is 10.0. The van der Waals surface area contributed by atoms with Crippen LogP contribution in [0.4, 0.5) is 0 Å². The Kier molecular flexibility index (Phi) is 6.65. The molecule has 0 unspecified atom stereocenters. The van der Waals surface area contributed by atoms with E-state index >= 15 is 0 Å². The molecule has 1 fully saturated rings. The molecule has 0 amide bonds. The number of benzene rings is 2. The highest BCUT2D eigenvalue weighted by atomic mass is 35.5. The highest BCUT2D eigenvalue weighted by molar-refractivity contribution is 6.30. The third-order valence-electron chi connectivity index (χ3n) is 6.63. The number of methoxy groups -OCH3 is 1. The lowest BCUT2D eigenvalue weighted by molar-refractivity contribution is 0.223. The van der Waals surface area contributed by atoms with Crippen LogP contribution in [0.25, 0.3) is 33.2 Å². The van der Waals surface area contributed by atoms with Gasteiger partial charge in [0.2, 0.25) is 0 Å². The van der Waals surface area contributed by atoms with Gasteiger partial charge in [0.25, 0.3) is 0 Å². The van der Waals surface area contributed by atoms with Crippen molar-refractivity contribution in [3.63, 3.8) is 0 Å². The molecule has 5 rings (SSSR count). The van der Waals surface area contributed by atoms with Gasteiger partial charge in [-0.1, -0.05) is 42.3 Å². The summed E-state index contributed by atoms with van der Waals surface area (Å²) in [6, 6.07) is 16.4. The van der Waals surface area contributed by atoms with Gasteiger partial charge >= 0.3 is 0 Å². The Morgan fingerprint density at radius 2 is 1.70 bits per heavy atom. The van der Waals surface area contributed by atoms with Crippen LogP contribution in [-0.4, -0.2) is 41.2 Å². The van der Waals surface area contributed by atoms with Crippen LogP contribution < -0.4 is 4.74 Å². The summed E-state index contributed by atoms with van der Waals surface area (Å²) in [5, 5.41) is 1.94. The van der Waals surface area contributed by atoms with Crippen molar-refractivity contribution in [2.24, 2.45) is 0 Å². The van der Waals surface area contributed by atoms with Gasteiger partial charge in [-0.3, -0.25) is 4.98 Å². The molecule has 0 atom stereocenters. The molecule has 1 aliphatic rings. The molecule has 5 heteroatoms. The van der Waals surface area contributed by atoms with E-state index in [2.05, 4.69) is 44.9 Å². The normalized spacial score (nSPS) is 14.6. The number of likely N-dealkylation sites (tertiary alicyclic amines) is 1. The average molecular weight is 460 g/mol. The van der Waals surface area contributed by atoms with E-state index in [-0.39, 0.29) is 0 Å². The molecule has 0 N–H and O–H groups in total. The van der Waals surface area contributed by atoms with E-state index < -0.39 is 0 Å². The molecule has 1 saturated heterocycles. The van der Waals surface area contributed by atoms with Crippen molar-refractivity contribution in [1.29, 1.82) is 0 Å². The number of piperidine rings is 1. The van der Waals surface area contributed by atoms with E-state index in [0.29, 0.717) is 0 Å². The quantitative estimate of drug-likeness (QED) is 0.301. The lowest BCUT2D eigenvalue weighted by Crippen LogP contribution is -2.31. The maximum Gasteiger partial charge on any atom is 0.143 e. The van der Waals surface area contributed by atoms with Crippen LogP contribution in [0.5, 0.6) is 5.75 Å². The first kappa shape index (κ1) is 22.0. The number of halogens is 1. The Morgan fingerprint density at radius 1 is 0.909 bits per heavy atom. The second kappa shape index (κ2) is 9.98. The highest BCUT2D eigenvalue weighted by Crippen LogP contribution is 2.37. The fourth-order valence-electron chi connectivity index (χ4n) is 4.93. The van der Waals surface area contributed by atoms with E-state index in [1.807, 2.05) is 36.7 Å². The monoisotopic (exact) mass is 459 g/mol. The largest absolute Gasteiger partial charge is 0.495 e. The molecule has 0 spiro atoms. The number of aromatic nitrogens is 2. The van der Waals surface area contributed by atoms with E-state index in [4.69, 9.17) is 16.3 Å². The van der Waals surface area contributed by atoms with Crippen LogP contribution in [0.15, 0.2) is 67.1 Å². The van der Waals surface area contributed by atoms with Crippen molar-refractivity contribution in [2.45, 2.75) is 32.2 Å². The summed E-state index contributed by atoms with van der Waals surface area (Å²) < 4.78 is 8.12. The molecule has 0 radical (unpaired) electrons. The Balaban J connectivity index is 1.48. The summed E-state index contributed by atoms with van der Waals surface area (Å²) in [7, 11) is 1.75. The molecule has 3 heterocycles. The molecule has 2 aromatic carbocycles. The zero-order chi connectivity index (χ0) is 22.6. The van der Waals surface area contributed by atoms with Gasteiger partial charge in [0.1, 0.15) is 5.75 Å². The molecular weight excluding hydrogens is 430 g/mol. The van der Waals surface area contributed by atoms with Gasteiger partial charge < -0.3 is 14.2 Å². The van der Waals surface area contributed by atoms with Gasteiger partial charge in [0.05, 0.1) is 12.6 Å². The molecule has 4 nitrogen and oxygen atoms in total. The molecule has 0 bridgehead atoms. The van der Waals surface area contributed by atoms with Crippen LogP contribution in [0, 0.1) is 0 Å². The summed E-state index contributed by atoms with van der Waals surface area (Å²) in [6.07, 6.45) is 11.3. The number of pyridine rings is 1. The first-order valence-electron chi connectivity index (χ1n) is 11.8. The Hall–Kier alpha value is -2.82. The van der Waals surface area contributed by atoms with Crippen molar-refractivity contribution in [1.82, 2.24) is 14.5 Å². The molecule has 1 aliphatic heterocycles. The molecule has 33 heavy (non-hydrogen) atoms. The summed E-state index contributed by atoms with van der Waals surface area (Å²) in [4.78, 5) is 7.17. The second-order valence-electron chi connectivity index (χ2n) is 8.82. The van der Waals surface area contributed by atoms with Crippen molar-refractivity contribution < 1.29 is 4.74 Å². The van der Waals surface area contributed by atoms with Crippen LogP contribution in [0.2, 0.25) is 5.02 Å². The average Bonchev–Trinajstić information content (AvgIpc) is 3.24. The number of para-hydroxylation sites is 1. The van der Waals surface area contributed by atoms with Crippen molar-refractivity contribution in [2.75, 3.05) is 26.7 Å². The SMILES string of the molecule is COc1cccc2c(-c3cncc(-c4ccc(Cl)cc4)c3)cn(CCCN3CCCCC3)c12. The van der Waals surface area contributed by atoms with Gasteiger partial charge in [-0.2, -0.15) is 0 Å². The number of rotatable bonds is 7. The molecular formula is C28H30ClN3O. The smallest absolute Gasteiger partial charge is 0.143 e. The first-order chi connectivity index (χ1) is 16.2. The summed E-state index contributed by atoms with van der Waals surface area (Å²) in [5.41, 5.74) is 5.64. The van der Waals surface area contributed by atoms with Crippen LogP contribution >= 0.6 is 11.6 Å². The second-order valence-corrected chi connectivity index (χ2v) is 9.25. The van der Waals surface area contributed by atoms with E-state index in [0.717, 1.165) is 52.5 Å². The van der Waals surface area contributed by atoms with Crippen LogP contribution in [0.1, 0.15) is 25.7 Å². The molecule has 0 aliphatic carbocycles. The van der Waals surface area contributed by atoms with E-state index in [1.165, 1.54) is 43.3 Å². The third-order valence-corrected chi connectivity index (χ3v) is 6.88. The maximum atomic E-state index is 6.08. The van der Waals surface area contributed by atoms with Crippen LogP contribution in [0.3, 0.4) is 0 Å². The summed E-state index contributed by atoms with van der Waals surface area (Å²) in [5.74, 6) is 0.915. The fraction of sp³-hybridized carbons (Fsp3) is 0.321. The Morgan fingerprint density at radius 3 is 2.48 bits per heavy atom. The van der Waals surface area contributed by atoms with E-state index in [9.17, 15) is 0 Å². The third kappa shape index (κ3) is 4.78. The number of nitrogens with zero attached hydrogens (tertiary/aromatic N) is 3. The minimum absolute atomic E-state index is 0.739. The summed E-state index contributed by atoms with van der Waals surface area (Å²) >= 11 is 6.08. The number of aryl methyl sites for hydroxylation is 1. The zero-order valence-corrected chi connectivity index (χ0v) is 19.9.